The van der Waals surface area contributed by atoms with Crippen LogP contribution >= 0.6 is 11.8 Å². The summed E-state index contributed by atoms with van der Waals surface area (Å²) in [4.78, 5) is 57.8. The second-order valence-electron chi connectivity index (χ2n) is 6.28. The molecule has 0 bridgehead atoms. The number of rotatable bonds is 8. The van der Waals surface area contributed by atoms with Crippen molar-refractivity contribution in [2.24, 2.45) is 5.16 Å². The number of thioether (sulfide) groups is 1. The number of carboxylic acids is 1. The van der Waals surface area contributed by atoms with Crippen LogP contribution in [0.3, 0.4) is 0 Å². The molecule has 1 fully saturated rings. The van der Waals surface area contributed by atoms with Gasteiger partial charge in [0.15, 0.2) is 5.71 Å². The zero-order chi connectivity index (χ0) is 21.8. The van der Waals surface area contributed by atoms with Crippen molar-refractivity contribution in [1.82, 2.24) is 15.2 Å². The predicted octanol–water partition coefficient (Wildman–Crippen LogP) is 0.147. The number of carbonyl (C=O) groups is 4. The highest BCUT2D eigenvalue weighted by Crippen LogP contribution is 2.40. The highest BCUT2D eigenvalue weighted by Gasteiger charge is 2.54. The molecule has 3 amide bonds. The average Bonchev–Trinajstić information content (AvgIpc) is 2.72. The molecule has 0 saturated carbocycles. The monoisotopic (exact) mass is 433 g/mol. The fourth-order valence-electron chi connectivity index (χ4n) is 2.98. The van der Waals surface area contributed by atoms with E-state index in [9.17, 15) is 24.3 Å². The van der Waals surface area contributed by atoms with E-state index in [1.165, 1.54) is 30.0 Å². The lowest BCUT2D eigenvalue weighted by molar-refractivity contribution is -0.150. The van der Waals surface area contributed by atoms with E-state index in [1.54, 1.807) is 13.0 Å². The maximum Gasteiger partial charge on any atom is 0.352 e. The smallest absolute Gasteiger partial charge is 0.352 e. The zero-order valence-electron chi connectivity index (χ0n) is 16.1. The molecule has 2 aliphatic rings. The van der Waals surface area contributed by atoms with Gasteiger partial charge in [-0.3, -0.25) is 19.3 Å². The Hall–Kier alpha value is -3.41. The van der Waals surface area contributed by atoms with Crippen LogP contribution in [0.25, 0.3) is 0 Å². The summed E-state index contributed by atoms with van der Waals surface area (Å²) in [6.45, 7) is 3.69. The fraction of sp³-hybridized carbons (Fsp3) is 0.333. The van der Waals surface area contributed by atoms with Gasteiger partial charge in [0.05, 0.1) is 0 Å². The first-order chi connectivity index (χ1) is 14.4. The third kappa shape index (κ3) is 4.13. The van der Waals surface area contributed by atoms with Crippen LogP contribution in [0.2, 0.25) is 0 Å². The summed E-state index contributed by atoms with van der Waals surface area (Å²) < 4.78 is 0. The van der Waals surface area contributed by atoms with Gasteiger partial charge in [-0.25, -0.2) is 9.78 Å². The van der Waals surface area contributed by atoms with Gasteiger partial charge < -0.3 is 20.6 Å². The van der Waals surface area contributed by atoms with Crippen molar-refractivity contribution in [3.8, 4) is 0 Å². The average molecular weight is 433 g/mol. The molecule has 0 aromatic carbocycles. The van der Waals surface area contributed by atoms with Crippen molar-refractivity contribution in [1.29, 1.82) is 0 Å². The molecular formula is C18H19N5O6S. The highest BCUT2D eigenvalue weighted by molar-refractivity contribution is 8.00. The number of hydrogen-bond acceptors (Lipinski definition) is 8. The van der Waals surface area contributed by atoms with Gasteiger partial charge in [0.1, 0.15) is 35.2 Å². The molecule has 3 heterocycles. The molecule has 3 rings (SSSR count). The van der Waals surface area contributed by atoms with Crippen LogP contribution in [0.1, 0.15) is 19.5 Å². The van der Waals surface area contributed by atoms with Crippen LogP contribution < -0.4 is 10.6 Å². The van der Waals surface area contributed by atoms with Crippen molar-refractivity contribution in [3.05, 3.63) is 35.7 Å². The lowest BCUT2D eigenvalue weighted by atomic mass is 10.0. The molecule has 3 N–H and O–H groups in total. The Kier molecular flexibility index (Phi) is 6.35. The Balaban J connectivity index is 1.81. The van der Waals surface area contributed by atoms with E-state index in [4.69, 9.17) is 4.84 Å². The minimum Gasteiger partial charge on any atom is -0.477 e. The summed E-state index contributed by atoms with van der Waals surface area (Å²) >= 11 is 1.36. The van der Waals surface area contributed by atoms with Crippen molar-refractivity contribution in [3.63, 3.8) is 0 Å². The molecule has 0 radical (unpaired) electrons. The van der Waals surface area contributed by atoms with E-state index in [2.05, 4.69) is 20.8 Å². The van der Waals surface area contributed by atoms with Crippen LogP contribution in [0, 0.1) is 0 Å². The molecule has 30 heavy (non-hydrogen) atoms. The third-order valence-electron chi connectivity index (χ3n) is 4.25. The van der Waals surface area contributed by atoms with Gasteiger partial charge in [-0.2, -0.15) is 0 Å². The largest absolute Gasteiger partial charge is 0.477 e. The highest BCUT2D eigenvalue weighted by atomic mass is 32.2. The Morgan fingerprint density at radius 1 is 1.43 bits per heavy atom. The number of aromatic nitrogens is 1. The molecule has 1 aromatic heterocycles. The van der Waals surface area contributed by atoms with Crippen LogP contribution in [-0.4, -0.2) is 68.2 Å². The lowest BCUT2D eigenvalue weighted by Gasteiger charge is -2.49. The Morgan fingerprint density at radius 2 is 2.20 bits per heavy atom. The normalized spacial score (nSPS) is 22.9. The topological polar surface area (TPSA) is 150 Å². The van der Waals surface area contributed by atoms with E-state index < -0.39 is 29.2 Å². The van der Waals surface area contributed by atoms with Crippen molar-refractivity contribution in [2.45, 2.75) is 30.5 Å². The Morgan fingerprint density at radius 3 is 2.87 bits per heavy atom. The van der Waals surface area contributed by atoms with Crippen LogP contribution in [0.15, 0.2) is 35.1 Å². The van der Waals surface area contributed by atoms with E-state index in [0.29, 0.717) is 6.41 Å². The third-order valence-corrected chi connectivity index (χ3v) is 5.58. The van der Waals surface area contributed by atoms with Gasteiger partial charge in [0, 0.05) is 5.25 Å². The number of nitrogens with zero attached hydrogens (tertiary/aromatic N) is 3. The standard InChI is InChI=1S/C18H19N5O6S/c1-3-29-22-13(10-5-4-6-12(20-10)19-8-24)15(25)21-14-16(26)23-11(18(27)28)7-9(2)30-17(14)23/h4-9,14,17H,3H2,1-2H3,(H,21,25)(H,27,28)(H,19,20,24)/t9?,14?,17-/m1/s1. The number of fused-ring (bicyclic) bond motifs is 1. The van der Waals surface area contributed by atoms with E-state index in [-0.39, 0.29) is 34.8 Å². The summed E-state index contributed by atoms with van der Waals surface area (Å²) in [7, 11) is 0. The number of hydrogen-bond donors (Lipinski definition) is 3. The number of carbonyl (C=O) groups excluding carboxylic acids is 3. The molecule has 0 spiro atoms. The Labute approximate surface area is 175 Å². The molecule has 11 nitrogen and oxygen atoms in total. The SMILES string of the molecule is CCON=C(C(=O)NC1C(=O)N2C(C(=O)O)=CC(C)S[C@H]12)c1cccc(NC=O)n1. The first kappa shape index (κ1) is 21.3. The number of aliphatic carboxylic acids is 1. The van der Waals surface area contributed by atoms with Crippen LogP contribution in [-0.2, 0) is 24.0 Å². The van der Waals surface area contributed by atoms with Crippen LogP contribution in [0.5, 0.6) is 0 Å². The van der Waals surface area contributed by atoms with E-state index >= 15 is 0 Å². The van der Waals surface area contributed by atoms with Gasteiger partial charge in [-0.1, -0.05) is 11.2 Å². The van der Waals surface area contributed by atoms with E-state index in [0.717, 1.165) is 4.90 Å². The number of nitrogens with one attached hydrogen (secondary N) is 2. The van der Waals surface area contributed by atoms with Gasteiger partial charge >= 0.3 is 5.97 Å². The fourth-order valence-corrected chi connectivity index (χ4v) is 4.31. The maximum atomic E-state index is 12.9. The summed E-state index contributed by atoms with van der Waals surface area (Å²) in [5, 5.41) is 17.4. The van der Waals surface area contributed by atoms with Gasteiger partial charge in [-0.15, -0.1) is 11.8 Å². The predicted molar refractivity (Wildman–Crippen MR) is 107 cm³/mol. The second kappa shape index (κ2) is 8.95. The van der Waals surface area contributed by atoms with Gasteiger partial charge in [0.25, 0.3) is 11.8 Å². The molecular weight excluding hydrogens is 414 g/mol. The minimum absolute atomic E-state index is 0.0979. The Bertz CT molecular complexity index is 949. The molecule has 158 valence electrons. The first-order valence-corrected chi connectivity index (χ1v) is 9.93. The molecule has 0 aliphatic carbocycles. The lowest BCUT2D eigenvalue weighted by Crippen LogP contribution is -2.71. The number of pyridine rings is 1. The quantitative estimate of drug-likeness (QED) is 0.227. The number of β-lactam (4-membered cyclic amide) rings is 1. The number of carboxylic acid groups (broad SMARTS) is 1. The van der Waals surface area contributed by atoms with E-state index in [1.807, 2.05) is 6.92 Å². The van der Waals surface area contributed by atoms with Gasteiger partial charge in [-0.05, 0) is 32.1 Å². The zero-order valence-corrected chi connectivity index (χ0v) is 16.9. The molecule has 3 atom stereocenters. The summed E-state index contributed by atoms with van der Waals surface area (Å²) in [5.74, 6) is -2.23. The molecule has 1 aromatic rings. The van der Waals surface area contributed by atoms with Crippen molar-refractivity contribution < 1.29 is 29.1 Å². The number of oxime groups is 1. The van der Waals surface area contributed by atoms with Crippen LogP contribution in [0.4, 0.5) is 5.82 Å². The molecule has 12 heteroatoms. The van der Waals surface area contributed by atoms with Gasteiger partial charge in [0.2, 0.25) is 6.41 Å². The minimum atomic E-state index is -1.20. The summed E-state index contributed by atoms with van der Waals surface area (Å²) in [6, 6.07) is 3.68. The number of anilines is 1. The maximum absolute atomic E-state index is 12.9. The molecule has 2 aliphatic heterocycles. The summed E-state index contributed by atoms with van der Waals surface area (Å²) in [5.41, 5.74) is -0.146. The van der Waals surface area contributed by atoms with Crippen molar-refractivity contribution >= 4 is 47.5 Å². The molecule has 1 saturated heterocycles. The molecule has 2 unspecified atom stereocenters. The first-order valence-electron chi connectivity index (χ1n) is 8.99. The van der Waals surface area contributed by atoms with Crippen molar-refractivity contribution in [2.75, 3.05) is 11.9 Å². The summed E-state index contributed by atoms with van der Waals surface area (Å²) in [6.07, 6.45) is 1.94. The second-order valence-corrected chi connectivity index (χ2v) is 7.77. The number of amides is 3.